The maximum atomic E-state index is 12.7. The van der Waals surface area contributed by atoms with E-state index in [9.17, 15) is 18.1 Å². The van der Waals surface area contributed by atoms with Gasteiger partial charge in [0.05, 0.1) is 0 Å². The Bertz CT molecular complexity index is 152. The highest BCUT2D eigenvalue weighted by Gasteiger charge is 2.29. The zero-order valence-corrected chi connectivity index (χ0v) is 7.43. The second-order valence-electron chi connectivity index (χ2n) is 2.81. The van der Waals surface area contributed by atoms with Crippen LogP contribution in [0.2, 0.25) is 0 Å². The van der Waals surface area contributed by atoms with Crippen LogP contribution in [0.4, 0.5) is 13.3 Å². The highest BCUT2D eigenvalue weighted by molar-refractivity contribution is 5.74. The van der Waals surface area contributed by atoms with E-state index in [2.05, 4.69) is 4.94 Å². The fourth-order valence-electron chi connectivity index (χ4n) is 0.926. The van der Waals surface area contributed by atoms with Gasteiger partial charge in [-0.3, -0.25) is 4.94 Å². The summed E-state index contributed by atoms with van der Waals surface area (Å²) in [6.07, 6.45) is -2.42. The average molecular weight is 198 g/mol. The summed E-state index contributed by atoms with van der Waals surface area (Å²) in [6.45, 7) is 1.91. The van der Waals surface area contributed by atoms with Gasteiger partial charge in [-0.1, -0.05) is 26.2 Å². The summed E-state index contributed by atoms with van der Waals surface area (Å²) in [5.74, 6) is -1.79. The Labute approximate surface area is 75.0 Å². The third kappa shape index (κ3) is 4.75. The third-order valence-corrected chi connectivity index (χ3v) is 1.70. The van der Waals surface area contributed by atoms with Crippen LogP contribution in [0.1, 0.15) is 32.6 Å². The van der Waals surface area contributed by atoms with Gasteiger partial charge < -0.3 is 0 Å². The second kappa shape index (κ2) is 6.74. The standard InChI is InChI=1S/C8H13F3O2/c1-2-3-4-5-6(9)7(10)8(12)13-11/h6-7H,2-5H2,1H3. The van der Waals surface area contributed by atoms with Gasteiger partial charge in [-0.05, 0) is 6.42 Å². The Kier molecular flexibility index (Phi) is 6.36. The van der Waals surface area contributed by atoms with Crippen molar-refractivity contribution in [1.29, 1.82) is 0 Å². The summed E-state index contributed by atoms with van der Waals surface area (Å²) in [4.78, 5) is 12.8. The Morgan fingerprint density at radius 1 is 1.38 bits per heavy atom. The van der Waals surface area contributed by atoms with Crippen molar-refractivity contribution in [1.82, 2.24) is 0 Å². The first-order valence-electron chi connectivity index (χ1n) is 4.24. The molecule has 0 aromatic heterocycles. The molecule has 0 fully saturated rings. The number of hydrogen-bond acceptors (Lipinski definition) is 2. The minimum absolute atomic E-state index is 0.0793. The molecule has 2 atom stereocenters. The predicted molar refractivity (Wildman–Crippen MR) is 41.1 cm³/mol. The molecule has 13 heavy (non-hydrogen) atoms. The maximum absolute atomic E-state index is 12.7. The molecule has 0 amide bonds. The molecule has 0 aromatic carbocycles. The molecule has 78 valence electrons. The van der Waals surface area contributed by atoms with E-state index in [0.29, 0.717) is 6.42 Å². The van der Waals surface area contributed by atoms with Crippen LogP contribution < -0.4 is 0 Å². The first-order valence-corrected chi connectivity index (χ1v) is 4.24. The van der Waals surface area contributed by atoms with E-state index in [1.807, 2.05) is 6.92 Å². The van der Waals surface area contributed by atoms with Crippen LogP contribution in [0.3, 0.4) is 0 Å². The number of alkyl halides is 2. The van der Waals surface area contributed by atoms with Gasteiger partial charge in [0.15, 0.2) is 0 Å². The Morgan fingerprint density at radius 2 is 2.00 bits per heavy atom. The van der Waals surface area contributed by atoms with Crippen molar-refractivity contribution >= 4 is 5.97 Å². The molecule has 0 N–H and O–H groups in total. The summed E-state index contributed by atoms with van der Waals surface area (Å²) in [5, 5.41) is 0. The smallest absolute Gasteiger partial charge is 0.251 e. The predicted octanol–water partition coefficient (Wildman–Crippen LogP) is 2.67. The molecule has 0 heterocycles. The molecular formula is C8H13F3O2. The van der Waals surface area contributed by atoms with E-state index >= 15 is 0 Å². The zero-order valence-electron chi connectivity index (χ0n) is 7.43. The number of halogens is 3. The van der Waals surface area contributed by atoms with Crippen LogP contribution in [0.5, 0.6) is 0 Å². The van der Waals surface area contributed by atoms with Gasteiger partial charge in [0.25, 0.3) is 0 Å². The van der Waals surface area contributed by atoms with E-state index in [-0.39, 0.29) is 6.42 Å². The summed E-state index contributed by atoms with van der Waals surface area (Å²) in [5.41, 5.74) is 0. The van der Waals surface area contributed by atoms with Gasteiger partial charge in [-0.25, -0.2) is 13.6 Å². The molecule has 0 aromatic rings. The van der Waals surface area contributed by atoms with E-state index < -0.39 is 18.3 Å². The lowest BCUT2D eigenvalue weighted by Gasteiger charge is -2.08. The molecule has 0 aliphatic rings. The minimum Gasteiger partial charge on any atom is -0.251 e. The minimum atomic E-state index is -2.50. The van der Waals surface area contributed by atoms with Crippen molar-refractivity contribution in [2.45, 2.75) is 45.0 Å². The van der Waals surface area contributed by atoms with Gasteiger partial charge in [-0.2, -0.15) is 0 Å². The lowest BCUT2D eigenvalue weighted by Crippen LogP contribution is -2.27. The SMILES string of the molecule is CCCCCC(F)C(F)C(=O)OF. The monoisotopic (exact) mass is 198 g/mol. The van der Waals surface area contributed by atoms with E-state index in [0.717, 1.165) is 12.8 Å². The highest BCUT2D eigenvalue weighted by atomic mass is 19.3. The molecule has 0 aliphatic heterocycles. The molecule has 0 saturated heterocycles. The highest BCUT2D eigenvalue weighted by Crippen LogP contribution is 2.14. The van der Waals surface area contributed by atoms with Gasteiger partial charge in [0, 0.05) is 4.53 Å². The Hall–Kier alpha value is -0.740. The van der Waals surface area contributed by atoms with Crippen LogP contribution in [0, 0.1) is 0 Å². The van der Waals surface area contributed by atoms with Crippen molar-refractivity contribution in [3.05, 3.63) is 0 Å². The summed E-state index contributed by atoms with van der Waals surface area (Å²) < 4.78 is 36.4. The second-order valence-corrected chi connectivity index (χ2v) is 2.81. The molecule has 0 bridgehead atoms. The molecule has 0 rings (SSSR count). The molecule has 2 nitrogen and oxygen atoms in total. The van der Waals surface area contributed by atoms with E-state index in [4.69, 9.17) is 0 Å². The largest absolute Gasteiger partial charge is 0.385 e. The quantitative estimate of drug-likeness (QED) is 0.613. The first kappa shape index (κ1) is 12.3. The van der Waals surface area contributed by atoms with Crippen molar-refractivity contribution in [2.24, 2.45) is 0 Å². The van der Waals surface area contributed by atoms with Gasteiger partial charge in [0.1, 0.15) is 6.17 Å². The summed E-state index contributed by atoms with van der Waals surface area (Å²) in [7, 11) is 0. The number of carbonyl (C=O) groups is 1. The summed E-state index contributed by atoms with van der Waals surface area (Å²) >= 11 is 0. The van der Waals surface area contributed by atoms with Crippen LogP contribution >= 0.6 is 0 Å². The number of rotatable bonds is 6. The Balaban J connectivity index is 3.68. The average Bonchev–Trinajstić information content (AvgIpc) is 2.15. The van der Waals surface area contributed by atoms with E-state index in [1.165, 1.54) is 0 Å². The van der Waals surface area contributed by atoms with Gasteiger partial charge in [0.2, 0.25) is 6.17 Å². The molecule has 2 unspecified atom stereocenters. The van der Waals surface area contributed by atoms with Crippen molar-refractivity contribution in [2.75, 3.05) is 0 Å². The zero-order chi connectivity index (χ0) is 10.3. The van der Waals surface area contributed by atoms with Crippen molar-refractivity contribution in [3.63, 3.8) is 0 Å². The summed E-state index contributed by atoms with van der Waals surface area (Å²) in [6, 6.07) is 0. The molecule has 5 heteroatoms. The van der Waals surface area contributed by atoms with Crippen LogP contribution in [-0.2, 0) is 9.74 Å². The van der Waals surface area contributed by atoms with Crippen molar-refractivity contribution in [3.8, 4) is 0 Å². The topological polar surface area (TPSA) is 26.3 Å². The van der Waals surface area contributed by atoms with E-state index in [1.54, 1.807) is 0 Å². The van der Waals surface area contributed by atoms with Crippen LogP contribution in [0.15, 0.2) is 0 Å². The lowest BCUT2D eigenvalue weighted by atomic mass is 10.1. The first-order chi connectivity index (χ1) is 6.13. The third-order valence-electron chi connectivity index (χ3n) is 1.70. The van der Waals surface area contributed by atoms with Gasteiger partial charge in [-0.15, -0.1) is 0 Å². The van der Waals surface area contributed by atoms with Crippen LogP contribution in [-0.4, -0.2) is 18.3 Å². The molecule has 0 radical (unpaired) electrons. The molecule has 0 saturated carbocycles. The Morgan fingerprint density at radius 3 is 2.46 bits per heavy atom. The van der Waals surface area contributed by atoms with Crippen LogP contribution in [0.25, 0.3) is 0 Å². The number of carbonyl (C=O) groups excluding carboxylic acids is 1. The normalized spacial score (nSPS) is 15.1. The fraction of sp³-hybridized carbons (Fsp3) is 0.875. The maximum Gasteiger partial charge on any atom is 0.385 e. The molecular weight excluding hydrogens is 185 g/mol. The van der Waals surface area contributed by atoms with Crippen molar-refractivity contribution < 1.29 is 23.0 Å². The lowest BCUT2D eigenvalue weighted by molar-refractivity contribution is -0.192. The number of hydrogen-bond donors (Lipinski definition) is 0. The number of unbranched alkanes of at least 4 members (excludes halogenated alkanes) is 2. The molecule has 0 spiro atoms. The van der Waals surface area contributed by atoms with Gasteiger partial charge >= 0.3 is 5.97 Å². The fourth-order valence-corrected chi connectivity index (χ4v) is 0.926. The molecule has 0 aliphatic carbocycles.